The van der Waals surface area contributed by atoms with Crippen molar-refractivity contribution in [1.82, 2.24) is 19.8 Å². The zero-order chi connectivity index (χ0) is 18.5. The fraction of sp³-hybridized carbons (Fsp3) is 0.737. The Balaban J connectivity index is 1.44. The van der Waals surface area contributed by atoms with E-state index in [4.69, 9.17) is 4.74 Å². The number of carbonyl (C=O) groups is 2. The van der Waals surface area contributed by atoms with Gasteiger partial charge in [0, 0.05) is 38.4 Å². The SMILES string of the molecule is CC(C)Cn1cncc1CNC(=O)C1CCN(C(=O)[C@@H]2CCCO2)CC1. The summed E-state index contributed by atoms with van der Waals surface area (Å²) in [6, 6.07) is 0. The molecular formula is C19H30N4O3. The third-order valence-electron chi connectivity index (χ3n) is 5.19. The van der Waals surface area contributed by atoms with Gasteiger partial charge in [-0.05, 0) is 31.6 Å². The molecule has 1 N–H and O–H groups in total. The number of hydrogen-bond acceptors (Lipinski definition) is 4. The molecule has 2 fully saturated rings. The van der Waals surface area contributed by atoms with Gasteiger partial charge in [-0.15, -0.1) is 0 Å². The van der Waals surface area contributed by atoms with E-state index in [-0.39, 0.29) is 23.8 Å². The van der Waals surface area contributed by atoms with E-state index >= 15 is 0 Å². The molecule has 2 aliphatic rings. The number of aromatic nitrogens is 2. The average Bonchev–Trinajstić information content (AvgIpc) is 3.31. The summed E-state index contributed by atoms with van der Waals surface area (Å²) in [4.78, 5) is 30.9. The second-order valence-corrected chi connectivity index (χ2v) is 7.75. The second kappa shape index (κ2) is 8.66. The summed E-state index contributed by atoms with van der Waals surface area (Å²) >= 11 is 0. The molecule has 2 amide bonds. The van der Waals surface area contributed by atoms with Crippen LogP contribution >= 0.6 is 0 Å². The zero-order valence-corrected chi connectivity index (χ0v) is 15.8. The van der Waals surface area contributed by atoms with Gasteiger partial charge in [-0.3, -0.25) is 9.59 Å². The van der Waals surface area contributed by atoms with Crippen molar-refractivity contribution in [3.8, 4) is 0 Å². The van der Waals surface area contributed by atoms with Crippen molar-refractivity contribution in [1.29, 1.82) is 0 Å². The fourth-order valence-electron chi connectivity index (χ4n) is 3.71. The normalized spacial score (nSPS) is 21.3. The Bertz CT molecular complexity index is 614. The molecule has 3 rings (SSSR count). The summed E-state index contributed by atoms with van der Waals surface area (Å²) in [5.41, 5.74) is 1.03. The molecule has 7 heteroatoms. The average molecular weight is 362 g/mol. The Morgan fingerprint density at radius 1 is 1.31 bits per heavy atom. The molecule has 1 atom stereocenters. The summed E-state index contributed by atoms with van der Waals surface area (Å²) in [6.45, 7) is 7.68. The third-order valence-corrected chi connectivity index (χ3v) is 5.19. The van der Waals surface area contributed by atoms with Crippen LogP contribution in [0.25, 0.3) is 0 Å². The summed E-state index contributed by atoms with van der Waals surface area (Å²) in [7, 11) is 0. The van der Waals surface area contributed by atoms with Crippen molar-refractivity contribution < 1.29 is 14.3 Å². The van der Waals surface area contributed by atoms with Gasteiger partial charge in [-0.1, -0.05) is 13.8 Å². The lowest BCUT2D eigenvalue weighted by molar-refractivity contribution is -0.143. The summed E-state index contributed by atoms with van der Waals surface area (Å²) in [5.74, 6) is 0.680. The third kappa shape index (κ3) is 4.63. The Kier molecular flexibility index (Phi) is 6.29. The number of ether oxygens (including phenoxy) is 1. The topological polar surface area (TPSA) is 76.5 Å². The van der Waals surface area contributed by atoms with Gasteiger partial charge in [0.15, 0.2) is 0 Å². The number of nitrogens with zero attached hydrogens (tertiary/aromatic N) is 3. The summed E-state index contributed by atoms with van der Waals surface area (Å²) in [5, 5.41) is 3.04. The number of piperidine rings is 1. The minimum Gasteiger partial charge on any atom is -0.368 e. The Labute approximate surface area is 155 Å². The van der Waals surface area contributed by atoms with E-state index in [0.717, 1.165) is 37.9 Å². The van der Waals surface area contributed by atoms with Gasteiger partial charge in [0.2, 0.25) is 5.91 Å². The molecule has 3 heterocycles. The van der Waals surface area contributed by atoms with E-state index in [1.54, 1.807) is 0 Å². The number of amides is 2. The van der Waals surface area contributed by atoms with Crippen LogP contribution < -0.4 is 5.32 Å². The van der Waals surface area contributed by atoms with Crippen molar-refractivity contribution in [3.05, 3.63) is 18.2 Å². The highest BCUT2D eigenvalue weighted by atomic mass is 16.5. The fourth-order valence-corrected chi connectivity index (χ4v) is 3.71. The maximum atomic E-state index is 12.5. The van der Waals surface area contributed by atoms with Gasteiger partial charge < -0.3 is 19.5 Å². The minimum absolute atomic E-state index is 0.0231. The Morgan fingerprint density at radius 2 is 2.08 bits per heavy atom. The van der Waals surface area contributed by atoms with E-state index in [1.807, 2.05) is 17.4 Å². The first-order chi connectivity index (χ1) is 12.5. The second-order valence-electron chi connectivity index (χ2n) is 7.75. The van der Waals surface area contributed by atoms with Gasteiger partial charge in [-0.2, -0.15) is 0 Å². The highest BCUT2D eigenvalue weighted by Gasteiger charge is 2.32. The van der Waals surface area contributed by atoms with Crippen LogP contribution in [0.4, 0.5) is 0 Å². The van der Waals surface area contributed by atoms with Crippen LogP contribution in [0.2, 0.25) is 0 Å². The molecular weight excluding hydrogens is 332 g/mol. The molecule has 1 aromatic heterocycles. The van der Waals surface area contributed by atoms with Crippen LogP contribution in [0.1, 0.15) is 45.2 Å². The van der Waals surface area contributed by atoms with Crippen LogP contribution in [0.3, 0.4) is 0 Å². The van der Waals surface area contributed by atoms with Crippen molar-refractivity contribution in [2.24, 2.45) is 11.8 Å². The summed E-state index contributed by atoms with van der Waals surface area (Å²) < 4.78 is 7.57. The highest BCUT2D eigenvalue weighted by Crippen LogP contribution is 2.21. The van der Waals surface area contributed by atoms with E-state index in [0.29, 0.717) is 32.2 Å². The highest BCUT2D eigenvalue weighted by molar-refractivity contribution is 5.82. The molecule has 2 aliphatic heterocycles. The maximum Gasteiger partial charge on any atom is 0.251 e. The Hall–Kier alpha value is -1.89. The van der Waals surface area contributed by atoms with Gasteiger partial charge in [0.25, 0.3) is 5.91 Å². The van der Waals surface area contributed by atoms with E-state index < -0.39 is 0 Å². The lowest BCUT2D eigenvalue weighted by atomic mass is 9.95. The van der Waals surface area contributed by atoms with Gasteiger partial charge in [0.1, 0.15) is 6.10 Å². The molecule has 1 aromatic rings. The predicted molar refractivity (Wildman–Crippen MR) is 97.2 cm³/mol. The number of rotatable bonds is 6. The lowest BCUT2D eigenvalue weighted by Gasteiger charge is -2.32. The number of nitrogens with one attached hydrogen (secondary N) is 1. The van der Waals surface area contributed by atoms with E-state index in [2.05, 4.69) is 28.7 Å². The molecule has 2 saturated heterocycles. The van der Waals surface area contributed by atoms with Crippen molar-refractivity contribution in [2.45, 2.75) is 58.7 Å². The number of hydrogen-bond donors (Lipinski definition) is 1. The van der Waals surface area contributed by atoms with Crippen LogP contribution in [0.5, 0.6) is 0 Å². The van der Waals surface area contributed by atoms with Crippen LogP contribution in [-0.2, 0) is 27.4 Å². The van der Waals surface area contributed by atoms with E-state index in [1.165, 1.54) is 0 Å². The molecule has 0 bridgehead atoms. The van der Waals surface area contributed by atoms with Crippen molar-refractivity contribution in [2.75, 3.05) is 19.7 Å². The Morgan fingerprint density at radius 3 is 2.73 bits per heavy atom. The monoisotopic (exact) mass is 362 g/mol. The maximum absolute atomic E-state index is 12.5. The standard InChI is InChI=1S/C19H30N4O3/c1-14(2)12-23-13-20-10-16(23)11-21-18(24)15-5-7-22(8-6-15)19(25)17-4-3-9-26-17/h10,13-15,17H,3-9,11-12H2,1-2H3,(H,21,24)/t17-/m0/s1. The van der Waals surface area contributed by atoms with E-state index in [9.17, 15) is 9.59 Å². The van der Waals surface area contributed by atoms with Crippen molar-refractivity contribution in [3.63, 3.8) is 0 Å². The lowest BCUT2D eigenvalue weighted by Crippen LogP contribution is -2.46. The molecule has 0 unspecified atom stereocenters. The smallest absolute Gasteiger partial charge is 0.251 e. The molecule has 0 radical (unpaired) electrons. The largest absolute Gasteiger partial charge is 0.368 e. The summed E-state index contributed by atoms with van der Waals surface area (Å²) in [6.07, 6.45) is 6.58. The number of carbonyl (C=O) groups excluding carboxylic acids is 2. The molecule has 7 nitrogen and oxygen atoms in total. The molecule has 26 heavy (non-hydrogen) atoms. The van der Waals surface area contributed by atoms with Gasteiger partial charge in [0.05, 0.1) is 18.6 Å². The molecule has 0 spiro atoms. The van der Waals surface area contributed by atoms with Crippen molar-refractivity contribution >= 4 is 11.8 Å². The predicted octanol–water partition coefficient (Wildman–Crippen LogP) is 1.57. The van der Waals surface area contributed by atoms with Gasteiger partial charge >= 0.3 is 0 Å². The zero-order valence-electron chi connectivity index (χ0n) is 15.8. The molecule has 0 aromatic carbocycles. The minimum atomic E-state index is -0.262. The first-order valence-electron chi connectivity index (χ1n) is 9.71. The van der Waals surface area contributed by atoms with Gasteiger partial charge in [-0.25, -0.2) is 4.98 Å². The first-order valence-corrected chi connectivity index (χ1v) is 9.71. The van der Waals surface area contributed by atoms with Crippen LogP contribution in [-0.4, -0.2) is 52.1 Å². The van der Waals surface area contributed by atoms with Crippen LogP contribution in [0.15, 0.2) is 12.5 Å². The molecule has 144 valence electrons. The number of imidazole rings is 1. The molecule has 0 aliphatic carbocycles. The van der Waals surface area contributed by atoms with Crippen LogP contribution in [0, 0.1) is 11.8 Å². The molecule has 0 saturated carbocycles. The quantitative estimate of drug-likeness (QED) is 0.833. The number of likely N-dealkylation sites (tertiary alicyclic amines) is 1. The first kappa shape index (κ1) is 18.9.